The average molecular weight is 363 g/mol. The highest BCUT2D eigenvalue weighted by Crippen LogP contribution is 2.24. The first kappa shape index (κ1) is 17.5. The molecule has 128 valence electrons. The van der Waals surface area contributed by atoms with Gasteiger partial charge in [-0.05, 0) is 43.8 Å². The molecule has 1 aromatic carbocycles. The molecule has 0 bridgehead atoms. The van der Waals surface area contributed by atoms with Gasteiger partial charge in [-0.25, -0.2) is 9.97 Å². The summed E-state index contributed by atoms with van der Waals surface area (Å²) in [6.45, 7) is 2.96. The normalized spacial score (nSPS) is 15.9. The highest BCUT2D eigenvalue weighted by Gasteiger charge is 2.23. The highest BCUT2D eigenvalue weighted by atomic mass is 35.5. The lowest BCUT2D eigenvalue weighted by Gasteiger charge is -2.37. The molecule has 0 spiro atoms. The fourth-order valence-electron chi connectivity index (χ4n) is 3.17. The molecule has 4 nitrogen and oxygen atoms in total. The average Bonchev–Trinajstić information content (AvgIpc) is 2.64. The van der Waals surface area contributed by atoms with Gasteiger partial charge in [0, 0.05) is 36.9 Å². The molecule has 1 aliphatic heterocycles. The summed E-state index contributed by atoms with van der Waals surface area (Å²) in [4.78, 5) is 13.7. The maximum Gasteiger partial charge on any atom is 0.189 e. The quantitative estimate of drug-likeness (QED) is 0.594. The second-order valence-corrected chi connectivity index (χ2v) is 7.31. The van der Waals surface area contributed by atoms with Crippen LogP contribution in [-0.4, -0.2) is 47.3 Å². The molecule has 24 heavy (non-hydrogen) atoms. The summed E-state index contributed by atoms with van der Waals surface area (Å²) in [7, 11) is 2.19. The third kappa shape index (κ3) is 4.21. The van der Waals surface area contributed by atoms with Crippen LogP contribution in [0.4, 0.5) is 5.82 Å². The van der Waals surface area contributed by atoms with E-state index in [9.17, 15) is 0 Å². The van der Waals surface area contributed by atoms with Gasteiger partial charge in [0.2, 0.25) is 0 Å². The first-order chi connectivity index (χ1) is 11.7. The largest absolute Gasteiger partial charge is 0.356 e. The van der Waals surface area contributed by atoms with Crippen molar-refractivity contribution in [3.05, 3.63) is 47.1 Å². The zero-order valence-corrected chi connectivity index (χ0v) is 15.7. The lowest BCUT2D eigenvalue weighted by atomic mass is 10.0. The van der Waals surface area contributed by atoms with E-state index in [0.29, 0.717) is 6.04 Å². The van der Waals surface area contributed by atoms with Crippen LogP contribution in [0.5, 0.6) is 0 Å². The first-order valence-electron chi connectivity index (χ1n) is 8.23. The molecule has 0 N–H and O–H groups in total. The molecule has 1 aromatic heterocycles. The molecule has 0 atom stereocenters. The van der Waals surface area contributed by atoms with Crippen molar-refractivity contribution in [1.82, 2.24) is 14.9 Å². The Labute approximate surface area is 153 Å². The number of nitrogens with zero attached hydrogens (tertiary/aromatic N) is 4. The molecule has 0 saturated carbocycles. The maximum absolute atomic E-state index is 6.29. The van der Waals surface area contributed by atoms with Gasteiger partial charge < -0.3 is 4.90 Å². The smallest absolute Gasteiger partial charge is 0.189 e. The van der Waals surface area contributed by atoms with Crippen LogP contribution in [0.15, 0.2) is 41.7 Å². The van der Waals surface area contributed by atoms with E-state index in [1.54, 1.807) is 11.8 Å². The van der Waals surface area contributed by atoms with Gasteiger partial charge in [0.25, 0.3) is 0 Å². The first-order valence-corrected chi connectivity index (χ1v) is 9.83. The van der Waals surface area contributed by atoms with Crippen molar-refractivity contribution >= 4 is 29.2 Å². The van der Waals surface area contributed by atoms with Gasteiger partial charge >= 0.3 is 0 Å². The zero-order chi connectivity index (χ0) is 16.9. The molecule has 6 heteroatoms. The van der Waals surface area contributed by atoms with Crippen LogP contribution in [0.1, 0.15) is 18.4 Å². The molecule has 2 heterocycles. The number of rotatable bonds is 5. The Morgan fingerprint density at radius 1 is 1.25 bits per heavy atom. The summed E-state index contributed by atoms with van der Waals surface area (Å²) in [5, 5.41) is 1.69. The second kappa shape index (κ2) is 8.19. The molecule has 0 aliphatic carbocycles. The van der Waals surface area contributed by atoms with Crippen LogP contribution >= 0.6 is 23.4 Å². The van der Waals surface area contributed by atoms with Crippen LogP contribution in [0.25, 0.3) is 0 Å². The van der Waals surface area contributed by atoms with Gasteiger partial charge in [0.1, 0.15) is 5.82 Å². The van der Waals surface area contributed by atoms with E-state index in [2.05, 4.69) is 38.9 Å². The van der Waals surface area contributed by atoms with Gasteiger partial charge in [0.05, 0.1) is 0 Å². The van der Waals surface area contributed by atoms with Gasteiger partial charge in [-0.15, -0.1) is 0 Å². The molecule has 0 amide bonds. The summed E-state index contributed by atoms with van der Waals surface area (Å²) in [6, 6.07) is 10.7. The number of hydrogen-bond donors (Lipinski definition) is 0. The Kier molecular flexibility index (Phi) is 5.98. The van der Waals surface area contributed by atoms with E-state index in [1.165, 1.54) is 5.56 Å². The summed E-state index contributed by atoms with van der Waals surface area (Å²) < 4.78 is 0. The minimum Gasteiger partial charge on any atom is -0.356 e. The van der Waals surface area contributed by atoms with Crippen LogP contribution in [-0.2, 0) is 6.54 Å². The van der Waals surface area contributed by atoms with Gasteiger partial charge in [-0.3, -0.25) is 4.90 Å². The molecule has 2 aromatic rings. The number of thioether (sulfide) groups is 1. The highest BCUT2D eigenvalue weighted by molar-refractivity contribution is 7.98. The topological polar surface area (TPSA) is 32.3 Å². The predicted molar refractivity (Wildman–Crippen MR) is 102 cm³/mol. The van der Waals surface area contributed by atoms with E-state index in [1.807, 2.05) is 30.7 Å². The standard InChI is InChI=1S/C18H23ClN4S/c1-22(13-14-5-3-4-6-16(14)19)15-8-11-23(12-9-15)17-7-10-20-18(21-17)24-2/h3-7,10,15H,8-9,11-13H2,1-2H3. The van der Waals surface area contributed by atoms with Crippen molar-refractivity contribution in [2.24, 2.45) is 0 Å². The van der Waals surface area contributed by atoms with Gasteiger partial charge in [0.15, 0.2) is 5.16 Å². The fourth-order valence-corrected chi connectivity index (χ4v) is 3.71. The fraction of sp³-hybridized carbons (Fsp3) is 0.444. The van der Waals surface area contributed by atoms with Crippen molar-refractivity contribution in [2.75, 3.05) is 31.3 Å². The minimum absolute atomic E-state index is 0.583. The Morgan fingerprint density at radius 2 is 2.00 bits per heavy atom. The lowest BCUT2D eigenvalue weighted by molar-refractivity contribution is 0.200. The lowest BCUT2D eigenvalue weighted by Crippen LogP contribution is -2.43. The number of halogens is 1. The molecular weight excluding hydrogens is 340 g/mol. The Bertz CT molecular complexity index is 674. The zero-order valence-electron chi connectivity index (χ0n) is 14.2. The third-order valence-corrected chi connectivity index (χ3v) is 5.52. The minimum atomic E-state index is 0.583. The molecule has 3 rings (SSSR count). The molecule has 0 radical (unpaired) electrons. The maximum atomic E-state index is 6.29. The van der Waals surface area contributed by atoms with E-state index < -0.39 is 0 Å². The number of hydrogen-bond acceptors (Lipinski definition) is 5. The molecular formula is C18H23ClN4S. The van der Waals surface area contributed by atoms with Crippen LogP contribution in [0.2, 0.25) is 5.02 Å². The van der Waals surface area contributed by atoms with E-state index in [-0.39, 0.29) is 0 Å². The third-order valence-electron chi connectivity index (χ3n) is 4.59. The van der Waals surface area contributed by atoms with Crippen molar-refractivity contribution in [3.8, 4) is 0 Å². The van der Waals surface area contributed by atoms with Crippen molar-refractivity contribution in [3.63, 3.8) is 0 Å². The molecule has 1 saturated heterocycles. The van der Waals surface area contributed by atoms with Crippen molar-refractivity contribution < 1.29 is 0 Å². The van der Waals surface area contributed by atoms with Crippen molar-refractivity contribution in [2.45, 2.75) is 30.6 Å². The van der Waals surface area contributed by atoms with Crippen LogP contribution < -0.4 is 4.90 Å². The number of anilines is 1. The number of piperidine rings is 1. The van der Waals surface area contributed by atoms with E-state index in [0.717, 1.165) is 48.5 Å². The predicted octanol–water partition coefficient (Wildman–Crippen LogP) is 3.95. The van der Waals surface area contributed by atoms with Crippen LogP contribution in [0.3, 0.4) is 0 Å². The second-order valence-electron chi connectivity index (χ2n) is 6.13. The summed E-state index contributed by atoms with van der Waals surface area (Å²) in [5.74, 6) is 1.04. The molecule has 0 unspecified atom stereocenters. The SMILES string of the molecule is CSc1nccc(N2CCC(N(C)Cc3ccccc3Cl)CC2)n1. The summed E-state index contributed by atoms with van der Waals surface area (Å²) in [5.41, 5.74) is 1.20. The summed E-state index contributed by atoms with van der Waals surface area (Å²) >= 11 is 7.87. The monoisotopic (exact) mass is 362 g/mol. The summed E-state index contributed by atoms with van der Waals surface area (Å²) in [6.07, 6.45) is 6.14. The van der Waals surface area contributed by atoms with E-state index >= 15 is 0 Å². The number of aromatic nitrogens is 2. The Hall–Kier alpha value is -1.30. The van der Waals surface area contributed by atoms with Gasteiger partial charge in [-0.1, -0.05) is 41.6 Å². The van der Waals surface area contributed by atoms with E-state index in [4.69, 9.17) is 11.6 Å². The van der Waals surface area contributed by atoms with Crippen LogP contribution in [0, 0.1) is 0 Å². The molecule has 1 fully saturated rings. The number of benzene rings is 1. The Balaban J connectivity index is 1.57. The van der Waals surface area contributed by atoms with Gasteiger partial charge in [-0.2, -0.15) is 0 Å². The van der Waals surface area contributed by atoms with Crippen molar-refractivity contribution in [1.29, 1.82) is 0 Å². The Morgan fingerprint density at radius 3 is 2.71 bits per heavy atom. The molecule has 1 aliphatic rings.